The maximum Gasteiger partial charge on any atom is 0.164 e. The number of hydrogen-bond acceptors (Lipinski definition) is 5. The summed E-state index contributed by atoms with van der Waals surface area (Å²) >= 11 is 0. The van der Waals surface area contributed by atoms with Gasteiger partial charge in [-0.05, 0) is 63.9 Å². The first-order chi connectivity index (χ1) is 27.1. The van der Waals surface area contributed by atoms with Gasteiger partial charge in [-0.1, -0.05) is 146 Å². The van der Waals surface area contributed by atoms with Crippen molar-refractivity contribution in [2.45, 2.75) is 18.3 Å². The molecular weight excluding hydrogens is 675 g/mol. The van der Waals surface area contributed by atoms with E-state index >= 15 is 0 Å². The van der Waals surface area contributed by atoms with Crippen LogP contribution in [0.25, 0.3) is 88.6 Å². The SMILES string of the molecule is CC1(c2cccc3oc4cc(-c5ccccc5)ccc4c23)C=CC=C[C@H]1c1nc(-c2ccc3ccccc3c2)nc(-c2cccc3oc4ccccc4c23)n1. The molecule has 260 valence electrons. The van der Waals surface area contributed by atoms with Crippen LogP contribution in [0.15, 0.2) is 185 Å². The van der Waals surface area contributed by atoms with Crippen LogP contribution >= 0.6 is 0 Å². The van der Waals surface area contributed by atoms with Gasteiger partial charge in [0.1, 0.15) is 28.2 Å². The van der Waals surface area contributed by atoms with Crippen molar-refractivity contribution < 1.29 is 8.83 Å². The molecule has 0 bridgehead atoms. The molecule has 3 aromatic heterocycles. The monoisotopic (exact) mass is 707 g/mol. The van der Waals surface area contributed by atoms with Crippen molar-refractivity contribution in [3.8, 4) is 33.9 Å². The molecule has 0 N–H and O–H groups in total. The fourth-order valence-corrected chi connectivity index (χ4v) is 8.50. The summed E-state index contributed by atoms with van der Waals surface area (Å²) in [5.41, 5.74) is 8.08. The number of allylic oxidation sites excluding steroid dienone is 4. The van der Waals surface area contributed by atoms with E-state index in [1.807, 2.05) is 36.4 Å². The molecule has 0 aliphatic heterocycles. The average molecular weight is 708 g/mol. The second-order valence-corrected chi connectivity index (χ2v) is 14.5. The first-order valence-electron chi connectivity index (χ1n) is 18.6. The van der Waals surface area contributed by atoms with Crippen molar-refractivity contribution in [1.29, 1.82) is 0 Å². The number of benzene rings is 7. The molecule has 0 saturated heterocycles. The minimum absolute atomic E-state index is 0.224. The summed E-state index contributed by atoms with van der Waals surface area (Å²) in [5, 5.41) is 6.50. The van der Waals surface area contributed by atoms with Crippen LogP contribution < -0.4 is 0 Å². The number of para-hydroxylation sites is 1. The van der Waals surface area contributed by atoms with Crippen LogP contribution in [0.5, 0.6) is 0 Å². The lowest BCUT2D eigenvalue weighted by atomic mass is 9.68. The summed E-state index contributed by atoms with van der Waals surface area (Å²) in [7, 11) is 0. The summed E-state index contributed by atoms with van der Waals surface area (Å²) in [6, 6.07) is 52.4. The predicted octanol–water partition coefficient (Wildman–Crippen LogP) is 13.0. The van der Waals surface area contributed by atoms with E-state index in [9.17, 15) is 0 Å². The minimum atomic E-state index is -0.531. The van der Waals surface area contributed by atoms with Gasteiger partial charge in [0.25, 0.3) is 0 Å². The standard InChI is InChI=1S/C50H33N3O2/c1-50(39-20-12-23-43-46(39)37-27-26-34(30-44(37)55-43)31-13-3-2-4-14-31)28-10-9-19-40(50)49-52-47(35-25-24-32-15-5-6-16-33(32)29-35)51-48(53-49)38-18-11-22-42-45(38)36-17-7-8-21-41(36)54-42/h2-30,40H,1H3/t40-,50?/m0/s1. The highest BCUT2D eigenvalue weighted by Gasteiger charge is 2.39. The zero-order chi connectivity index (χ0) is 36.5. The number of hydrogen-bond donors (Lipinski definition) is 0. The van der Waals surface area contributed by atoms with Crippen LogP contribution in [0.2, 0.25) is 0 Å². The molecule has 0 saturated carbocycles. The first kappa shape index (κ1) is 31.4. The number of aromatic nitrogens is 3. The lowest BCUT2D eigenvalue weighted by Gasteiger charge is -2.35. The largest absolute Gasteiger partial charge is 0.456 e. The van der Waals surface area contributed by atoms with Gasteiger partial charge in [-0.25, -0.2) is 15.0 Å². The van der Waals surface area contributed by atoms with Crippen molar-refractivity contribution in [3.63, 3.8) is 0 Å². The summed E-state index contributed by atoms with van der Waals surface area (Å²) in [4.78, 5) is 15.9. The van der Waals surface area contributed by atoms with Gasteiger partial charge in [0.2, 0.25) is 0 Å². The van der Waals surface area contributed by atoms with Gasteiger partial charge in [-0.3, -0.25) is 0 Å². The van der Waals surface area contributed by atoms with Crippen LogP contribution in [-0.4, -0.2) is 15.0 Å². The molecule has 0 spiro atoms. The molecule has 10 aromatic rings. The number of rotatable bonds is 5. The van der Waals surface area contributed by atoms with E-state index in [4.69, 9.17) is 23.8 Å². The van der Waals surface area contributed by atoms with Crippen molar-refractivity contribution in [1.82, 2.24) is 15.0 Å². The molecule has 11 rings (SSSR count). The zero-order valence-electron chi connectivity index (χ0n) is 30.0. The number of furan rings is 2. The van der Waals surface area contributed by atoms with Crippen LogP contribution in [0, 0.1) is 0 Å². The highest BCUT2D eigenvalue weighted by Crippen LogP contribution is 2.48. The van der Waals surface area contributed by atoms with Gasteiger partial charge in [0.05, 0.1) is 5.92 Å². The Balaban J connectivity index is 1.12. The van der Waals surface area contributed by atoms with Crippen molar-refractivity contribution in [2.75, 3.05) is 0 Å². The Hall–Kier alpha value is -7.11. The minimum Gasteiger partial charge on any atom is -0.456 e. The van der Waals surface area contributed by atoms with E-state index in [2.05, 4.69) is 146 Å². The molecule has 1 aliphatic rings. The van der Waals surface area contributed by atoms with E-state index in [1.165, 1.54) is 5.39 Å². The summed E-state index contributed by atoms with van der Waals surface area (Å²) in [5.74, 6) is 1.70. The van der Waals surface area contributed by atoms with E-state index < -0.39 is 5.41 Å². The third-order valence-electron chi connectivity index (χ3n) is 11.3. The first-order valence-corrected chi connectivity index (χ1v) is 18.6. The lowest BCUT2D eigenvalue weighted by molar-refractivity contribution is 0.507. The molecule has 1 unspecified atom stereocenters. The normalized spacial score (nSPS) is 16.9. The number of fused-ring (bicyclic) bond motifs is 7. The van der Waals surface area contributed by atoms with Gasteiger partial charge >= 0.3 is 0 Å². The van der Waals surface area contributed by atoms with Crippen LogP contribution in [0.1, 0.15) is 24.2 Å². The fourth-order valence-electron chi connectivity index (χ4n) is 8.50. The summed E-state index contributed by atoms with van der Waals surface area (Å²) in [6.45, 7) is 2.28. The maximum atomic E-state index is 6.60. The predicted molar refractivity (Wildman–Crippen MR) is 223 cm³/mol. The second-order valence-electron chi connectivity index (χ2n) is 14.5. The highest BCUT2D eigenvalue weighted by atomic mass is 16.3. The smallest absolute Gasteiger partial charge is 0.164 e. The average Bonchev–Trinajstić information content (AvgIpc) is 3.82. The molecule has 55 heavy (non-hydrogen) atoms. The lowest BCUT2D eigenvalue weighted by Crippen LogP contribution is -2.30. The fraction of sp³-hybridized carbons (Fsp3) is 0.0600. The topological polar surface area (TPSA) is 65.0 Å². The molecule has 2 atom stereocenters. The maximum absolute atomic E-state index is 6.60. The molecule has 7 aromatic carbocycles. The molecule has 0 amide bonds. The van der Waals surface area contributed by atoms with Crippen molar-refractivity contribution >= 4 is 54.6 Å². The molecule has 0 radical (unpaired) electrons. The second kappa shape index (κ2) is 12.2. The molecule has 5 nitrogen and oxygen atoms in total. The Morgan fingerprint density at radius 2 is 1.20 bits per heavy atom. The molecule has 0 fully saturated rings. The Morgan fingerprint density at radius 3 is 2.11 bits per heavy atom. The Bertz CT molecular complexity index is 3190. The number of nitrogens with zero attached hydrogens (tertiary/aromatic N) is 3. The molecule has 3 heterocycles. The van der Waals surface area contributed by atoms with Gasteiger partial charge in [0, 0.05) is 38.1 Å². The van der Waals surface area contributed by atoms with E-state index in [1.54, 1.807) is 0 Å². The Kier molecular flexibility index (Phi) is 6.98. The van der Waals surface area contributed by atoms with Gasteiger partial charge < -0.3 is 8.83 Å². The van der Waals surface area contributed by atoms with E-state index in [-0.39, 0.29) is 5.92 Å². The van der Waals surface area contributed by atoms with Crippen LogP contribution in [0.4, 0.5) is 0 Å². The summed E-state index contributed by atoms with van der Waals surface area (Å²) < 4.78 is 12.9. The summed E-state index contributed by atoms with van der Waals surface area (Å²) in [6.07, 6.45) is 8.75. The molecule has 5 heteroatoms. The van der Waals surface area contributed by atoms with Gasteiger partial charge in [-0.2, -0.15) is 0 Å². The molecule has 1 aliphatic carbocycles. The molecular formula is C50H33N3O2. The highest BCUT2D eigenvalue weighted by molar-refractivity contribution is 6.12. The zero-order valence-corrected chi connectivity index (χ0v) is 30.0. The van der Waals surface area contributed by atoms with Crippen LogP contribution in [0.3, 0.4) is 0 Å². The Morgan fingerprint density at radius 1 is 0.491 bits per heavy atom. The van der Waals surface area contributed by atoms with Gasteiger partial charge in [-0.15, -0.1) is 0 Å². The quantitative estimate of drug-likeness (QED) is 0.178. The Labute approximate surface area is 316 Å². The third kappa shape index (κ3) is 5.04. The van der Waals surface area contributed by atoms with Gasteiger partial charge in [0.15, 0.2) is 11.6 Å². The third-order valence-corrected chi connectivity index (χ3v) is 11.3. The van der Waals surface area contributed by atoms with Crippen LogP contribution in [-0.2, 0) is 5.41 Å². The van der Waals surface area contributed by atoms with E-state index in [0.29, 0.717) is 17.5 Å². The van der Waals surface area contributed by atoms with E-state index in [0.717, 1.165) is 77.1 Å². The van der Waals surface area contributed by atoms with Crippen molar-refractivity contribution in [2.24, 2.45) is 0 Å². The van der Waals surface area contributed by atoms with Crippen molar-refractivity contribution in [3.05, 3.63) is 187 Å².